The number of benzene rings is 1. The van der Waals surface area contributed by atoms with E-state index in [-0.39, 0.29) is 18.2 Å². The van der Waals surface area contributed by atoms with E-state index >= 15 is 0 Å². The highest BCUT2D eigenvalue weighted by Crippen LogP contribution is 2.31. The van der Waals surface area contributed by atoms with E-state index in [9.17, 15) is 13.2 Å². The Bertz CT molecular complexity index is 410. The second-order valence-electron chi connectivity index (χ2n) is 3.21. The average molecular weight is 284 g/mol. The molecule has 0 aliphatic rings. The van der Waals surface area contributed by atoms with Gasteiger partial charge in [-0.05, 0) is 18.2 Å². The molecule has 0 aliphatic heterocycles. The second-order valence-corrected chi connectivity index (χ2v) is 3.21. The first-order valence-corrected chi connectivity index (χ1v) is 4.69. The van der Waals surface area contributed by atoms with E-state index in [1.165, 1.54) is 25.3 Å². The Labute approximate surface area is 109 Å². The van der Waals surface area contributed by atoms with Gasteiger partial charge in [0.25, 0.3) is 0 Å². The third-order valence-corrected chi connectivity index (χ3v) is 2.05. The van der Waals surface area contributed by atoms with Crippen LogP contribution in [0.25, 0.3) is 0 Å². The lowest BCUT2D eigenvalue weighted by Crippen LogP contribution is -2.17. The molecule has 0 heterocycles. The van der Waals surface area contributed by atoms with Gasteiger partial charge in [0.15, 0.2) is 0 Å². The van der Waals surface area contributed by atoms with Crippen LogP contribution in [0.15, 0.2) is 30.9 Å². The van der Waals surface area contributed by atoms with Crippen molar-refractivity contribution >= 4 is 12.4 Å². The van der Waals surface area contributed by atoms with Crippen LogP contribution in [0, 0.1) is 0 Å². The van der Waals surface area contributed by atoms with Crippen molar-refractivity contribution in [2.45, 2.75) is 12.4 Å². The summed E-state index contributed by atoms with van der Waals surface area (Å²) in [5, 5.41) is 0. The van der Waals surface area contributed by atoms with Crippen LogP contribution < -0.4 is 15.2 Å². The Hall–Kier alpha value is -1.40. The van der Waals surface area contributed by atoms with E-state index in [1.807, 2.05) is 0 Å². The van der Waals surface area contributed by atoms with Gasteiger partial charge >= 0.3 is 6.36 Å². The minimum absolute atomic E-state index is 0. The Kier molecular flexibility index (Phi) is 6.00. The number of hydrogen-bond acceptors (Lipinski definition) is 3. The summed E-state index contributed by atoms with van der Waals surface area (Å²) in [5.74, 6) is 0.0394. The monoisotopic (exact) mass is 283 g/mol. The van der Waals surface area contributed by atoms with Gasteiger partial charge in [-0.15, -0.1) is 32.2 Å². The van der Waals surface area contributed by atoms with Crippen LogP contribution in [0.5, 0.6) is 11.5 Å². The lowest BCUT2D eigenvalue weighted by molar-refractivity contribution is -0.274. The first-order chi connectivity index (χ1) is 7.87. The van der Waals surface area contributed by atoms with Crippen LogP contribution in [-0.2, 0) is 0 Å². The molecule has 0 saturated heterocycles. The van der Waals surface area contributed by atoms with Crippen molar-refractivity contribution < 1.29 is 22.6 Å². The highest BCUT2D eigenvalue weighted by Gasteiger charge is 2.31. The molecule has 1 rings (SSSR count). The summed E-state index contributed by atoms with van der Waals surface area (Å²) >= 11 is 0. The molecule has 0 spiro atoms. The fourth-order valence-corrected chi connectivity index (χ4v) is 1.30. The van der Waals surface area contributed by atoms with E-state index in [0.29, 0.717) is 11.3 Å². The molecule has 102 valence electrons. The van der Waals surface area contributed by atoms with E-state index in [1.54, 1.807) is 0 Å². The Morgan fingerprint density at radius 1 is 1.39 bits per heavy atom. The lowest BCUT2D eigenvalue weighted by atomic mass is 10.1. The molecular formula is C11H13ClF3NO2. The van der Waals surface area contributed by atoms with Crippen molar-refractivity contribution in [2.24, 2.45) is 5.73 Å². The SMILES string of the molecule is C=C[C@@H](N)c1cc(OC(F)(F)F)ccc1OC.Cl. The summed E-state index contributed by atoms with van der Waals surface area (Å²) in [6.07, 6.45) is -3.33. The molecule has 1 aromatic rings. The maximum atomic E-state index is 12.0. The van der Waals surface area contributed by atoms with Gasteiger partial charge < -0.3 is 15.2 Å². The maximum Gasteiger partial charge on any atom is 0.573 e. The smallest absolute Gasteiger partial charge is 0.496 e. The summed E-state index contributed by atoms with van der Waals surface area (Å²) in [7, 11) is 1.40. The van der Waals surface area contributed by atoms with Crippen molar-refractivity contribution in [3.63, 3.8) is 0 Å². The van der Waals surface area contributed by atoms with Crippen molar-refractivity contribution in [2.75, 3.05) is 7.11 Å². The van der Waals surface area contributed by atoms with Gasteiger partial charge in [-0.3, -0.25) is 0 Å². The zero-order valence-electron chi connectivity index (χ0n) is 9.53. The summed E-state index contributed by atoms with van der Waals surface area (Å²) in [6, 6.07) is 3.08. The number of ether oxygens (including phenoxy) is 2. The molecule has 3 nitrogen and oxygen atoms in total. The predicted octanol–water partition coefficient (Wildman–Crippen LogP) is 3.20. The fraction of sp³-hybridized carbons (Fsp3) is 0.273. The molecule has 0 fully saturated rings. The third kappa shape index (κ3) is 4.46. The Morgan fingerprint density at radius 2 is 2.00 bits per heavy atom. The summed E-state index contributed by atoms with van der Waals surface area (Å²) in [5.41, 5.74) is 6.05. The predicted molar refractivity (Wildman–Crippen MR) is 64.1 cm³/mol. The topological polar surface area (TPSA) is 44.5 Å². The highest BCUT2D eigenvalue weighted by molar-refractivity contribution is 5.85. The van der Waals surface area contributed by atoms with Crippen molar-refractivity contribution in [1.82, 2.24) is 0 Å². The van der Waals surface area contributed by atoms with E-state index < -0.39 is 12.4 Å². The van der Waals surface area contributed by atoms with Crippen LogP contribution in [0.4, 0.5) is 13.2 Å². The van der Waals surface area contributed by atoms with Gasteiger partial charge in [0.2, 0.25) is 0 Å². The molecule has 1 aromatic carbocycles. The van der Waals surface area contributed by atoms with Gasteiger partial charge in [0.1, 0.15) is 11.5 Å². The zero-order valence-corrected chi connectivity index (χ0v) is 10.3. The Balaban J connectivity index is 0.00000289. The van der Waals surface area contributed by atoms with E-state index in [0.717, 1.165) is 6.07 Å². The van der Waals surface area contributed by atoms with E-state index in [4.69, 9.17) is 10.5 Å². The van der Waals surface area contributed by atoms with Crippen LogP contribution in [0.2, 0.25) is 0 Å². The average Bonchev–Trinajstić information content (AvgIpc) is 2.25. The van der Waals surface area contributed by atoms with Gasteiger partial charge in [-0.1, -0.05) is 6.08 Å². The van der Waals surface area contributed by atoms with Gasteiger partial charge in [-0.25, -0.2) is 0 Å². The summed E-state index contributed by atoms with van der Waals surface area (Å²) in [4.78, 5) is 0. The van der Waals surface area contributed by atoms with Gasteiger partial charge in [-0.2, -0.15) is 0 Å². The molecule has 0 aromatic heterocycles. The van der Waals surface area contributed by atoms with Crippen molar-refractivity contribution in [3.05, 3.63) is 36.4 Å². The number of hydrogen-bond donors (Lipinski definition) is 1. The van der Waals surface area contributed by atoms with Crippen LogP contribution >= 0.6 is 12.4 Å². The second kappa shape index (κ2) is 6.51. The molecule has 1 atom stereocenters. The first kappa shape index (κ1) is 16.6. The quantitative estimate of drug-likeness (QED) is 0.863. The van der Waals surface area contributed by atoms with Crippen molar-refractivity contribution in [3.8, 4) is 11.5 Å². The highest BCUT2D eigenvalue weighted by atomic mass is 35.5. The normalized spacial score (nSPS) is 12.3. The molecule has 2 N–H and O–H groups in total. The molecule has 18 heavy (non-hydrogen) atoms. The third-order valence-electron chi connectivity index (χ3n) is 2.05. The molecule has 0 unspecified atom stereocenters. The molecule has 0 saturated carbocycles. The van der Waals surface area contributed by atoms with Gasteiger partial charge in [0.05, 0.1) is 13.2 Å². The minimum atomic E-state index is -4.73. The number of halogens is 4. The number of methoxy groups -OCH3 is 1. The largest absolute Gasteiger partial charge is 0.573 e. The lowest BCUT2D eigenvalue weighted by Gasteiger charge is -2.15. The summed E-state index contributed by atoms with van der Waals surface area (Å²) in [6.45, 7) is 3.47. The molecule has 0 bridgehead atoms. The molecule has 7 heteroatoms. The molecule has 0 amide bonds. The maximum absolute atomic E-state index is 12.0. The molecule has 0 aliphatic carbocycles. The molecule has 0 radical (unpaired) electrons. The number of nitrogens with two attached hydrogens (primary N) is 1. The van der Waals surface area contributed by atoms with Crippen molar-refractivity contribution in [1.29, 1.82) is 0 Å². The van der Waals surface area contributed by atoms with E-state index in [2.05, 4.69) is 11.3 Å². The fourth-order valence-electron chi connectivity index (χ4n) is 1.30. The number of rotatable bonds is 4. The Morgan fingerprint density at radius 3 is 2.44 bits per heavy atom. The van der Waals surface area contributed by atoms with Crippen LogP contribution in [-0.4, -0.2) is 13.5 Å². The van der Waals surface area contributed by atoms with Crippen LogP contribution in [0.3, 0.4) is 0 Å². The standard InChI is InChI=1S/C11H12F3NO2.ClH/c1-3-9(15)8-6-7(17-11(12,13)14)4-5-10(8)16-2;/h3-6,9H,1,15H2,2H3;1H/t9-;/m1./s1. The molecular weight excluding hydrogens is 271 g/mol. The summed E-state index contributed by atoms with van der Waals surface area (Å²) < 4.78 is 44.9. The number of alkyl halides is 3. The first-order valence-electron chi connectivity index (χ1n) is 4.69. The van der Waals surface area contributed by atoms with Gasteiger partial charge in [0, 0.05) is 5.56 Å². The zero-order chi connectivity index (χ0) is 13.1. The minimum Gasteiger partial charge on any atom is -0.496 e. The van der Waals surface area contributed by atoms with Crippen LogP contribution in [0.1, 0.15) is 11.6 Å².